The maximum absolute atomic E-state index is 12.2. The molecule has 1 fully saturated rings. The van der Waals surface area contributed by atoms with Crippen LogP contribution in [0.15, 0.2) is 41.3 Å². The second kappa shape index (κ2) is 6.51. The highest BCUT2D eigenvalue weighted by Gasteiger charge is 2.24. The van der Waals surface area contributed by atoms with Gasteiger partial charge in [-0.2, -0.15) is 0 Å². The van der Waals surface area contributed by atoms with Crippen LogP contribution >= 0.6 is 0 Å². The predicted molar refractivity (Wildman–Crippen MR) is 80.5 cm³/mol. The van der Waals surface area contributed by atoms with Gasteiger partial charge in [-0.25, -0.2) is 0 Å². The summed E-state index contributed by atoms with van der Waals surface area (Å²) in [6.45, 7) is 2.07. The maximum Gasteiger partial charge on any atom is 0.286 e. The Morgan fingerprint density at radius 2 is 2.14 bits per heavy atom. The van der Waals surface area contributed by atoms with E-state index in [9.17, 15) is 9.59 Å². The Kier molecular flexibility index (Phi) is 4.27. The summed E-state index contributed by atoms with van der Waals surface area (Å²) in [7, 11) is 0. The molecule has 0 spiro atoms. The Hall–Kier alpha value is -2.50. The molecule has 116 valence electrons. The molecular formula is C16H19N3O3. The fourth-order valence-corrected chi connectivity index (χ4v) is 2.71. The van der Waals surface area contributed by atoms with Gasteiger partial charge in [0.15, 0.2) is 5.76 Å². The molecule has 3 heterocycles. The molecule has 1 saturated heterocycles. The van der Waals surface area contributed by atoms with Crippen molar-refractivity contribution < 1.29 is 14.0 Å². The number of amides is 2. The van der Waals surface area contributed by atoms with Crippen LogP contribution in [-0.2, 0) is 0 Å². The lowest BCUT2D eigenvalue weighted by Crippen LogP contribution is -2.41. The van der Waals surface area contributed by atoms with Crippen LogP contribution in [0.25, 0.3) is 0 Å². The monoisotopic (exact) mass is 301 g/mol. The first-order valence-electron chi connectivity index (χ1n) is 7.48. The summed E-state index contributed by atoms with van der Waals surface area (Å²) in [5.74, 6) is 0.615. The molecule has 2 aromatic rings. The van der Waals surface area contributed by atoms with Gasteiger partial charge < -0.3 is 19.6 Å². The Morgan fingerprint density at radius 3 is 2.77 bits per heavy atom. The van der Waals surface area contributed by atoms with Gasteiger partial charge in [-0.3, -0.25) is 9.59 Å². The van der Waals surface area contributed by atoms with E-state index in [4.69, 9.17) is 4.42 Å². The number of likely N-dealkylation sites (tertiary alicyclic amines) is 1. The molecule has 22 heavy (non-hydrogen) atoms. The average Bonchev–Trinajstić information content (AvgIpc) is 3.25. The van der Waals surface area contributed by atoms with Crippen molar-refractivity contribution in [3.63, 3.8) is 0 Å². The summed E-state index contributed by atoms with van der Waals surface area (Å²) in [6.07, 6.45) is 6.76. The Labute approximate surface area is 128 Å². The highest BCUT2D eigenvalue weighted by atomic mass is 16.3. The normalized spacial score (nSPS) is 15.7. The Bertz CT molecular complexity index is 611. The largest absolute Gasteiger partial charge is 0.459 e. The number of carbonyl (C=O) groups is 2. The minimum absolute atomic E-state index is 0.0688. The van der Waals surface area contributed by atoms with Gasteiger partial charge in [0.25, 0.3) is 11.8 Å². The number of furan rings is 1. The van der Waals surface area contributed by atoms with Crippen molar-refractivity contribution in [1.82, 2.24) is 15.2 Å². The molecule has 2 N–H and O–H groups in total. The van der Waals surface area contributed by atoms with Crippen molar-refractivity contribution in [3.05, 3.63) is 48.2 Å². The number of nitrogens with one attached hydrogen (secondary N) is 2. The minimum Gasteiger partial charge on any atom is -0.459 e. The summed E-state index contributed by atoms with van der Waals surface area (Å²) in [6, 6.07) is 5.13. The zero-order valence-electron chi connectivity index (χ0n) is 12.2. The number of hydrogen-bond donors (Lipinski definition) is 2. The fourth-order valence-electron chi connectivity index (χ4n) is 2.71. The highest BCUT2D eigenvalue weighted by Crippen LogP contribution is 2.18. The van der Waals surface area contributed by atoms with E-state index in [2.05, 4.69) is 10.3 Å². The molecule has 0 unspecified atom stereocenters. The number of H-pyrrole nitrogens is 1. The van der Waals surface area contributed by atoms with Crippen molar-refractivity contribution in [2.75, 3.05) is 19.6 Å². The fraction of sp³-hybridized carbons (Fsp3) is 0.375. The SMILES string of the molecule is O=C(NCC1CCN(C(=O)c2cc[nH]c2)CC1)c1ccco1. The van der Waals surface area contributed by atoms with Gasteiger partial charge in [0.2, 0.25) is 0 Å². The molecule has 2 amide bonds. The molecule has 0 bridgehead atoms. The first-order chi connectivity index (χ1) is 10.7. The van der Waals surface area contributed by atoms with E-state index in [1.807, 2.05) is 4.90 Å². The highest BCUT2D eigenvalue weighted by molar-refractivity contribution is 5.94. The number of piperidine rings is 1. The molecule has 0 aromatic carbocycles. The molecule has 6 nitrogen and oxygen atoms in total. The number of hydrogen-bond acceptors (Lipinski definition) is 3. The second-order valence-corrected chi connectivity index (χ2v) is 5.52. The zero-order valence-corrected chi connectivity index (χ0v) is 12.2. The predicted octanol–water partition coefficient (Wildman–Crippen LogP) is 1.89. The van der Waals surface area contributed by atoms with Gasteiger partial charge in [-0.15, -0.1) is 0 Å². The molecule has 0 radical (unpaired) electrons. The van der Waals surface area contributed by atoms with Crippen LogP contribution < -0.4 is 5.32 Å². The Morgan fingerprint density at radius 1 is 1.32 bits per heavy atom. The van der Waals surface area contributed by atoms with Crippen LogP contribution in [0.4, 0.5) is 0 Å². The van der Waals surface area contributed by atoms with E-state index in [0.717, 1.165) is 25.9 Å². The number of carbonyl (C=O) groups excluding carboxylic acids is 2. The van der Waals surface area contributed by atoms with E-state index in [1.165, 1.54) is 6.26 Å². The van der Waals surface area contributed by atoms with Crippen LogP contribution in [-0.4, -0.2) is 41.3 Å². The van der Waals surface area contributed by atoms with Crippen molar-refractivity contribution in [2.45, 2.75) is 12.8 Å². The lowest BCUT2D eigenvalue weighted by Gasteiger charge is -2.31. The summed E-state index contributed by atoms with van der Waals surface area (Å²) in [4.78, 5) is 28.8. The molecule has 6 heteroatoms. The van der Waals surface area contributed by atoms with Crippen molar-refractivity contribution in [2.24, 2.45) is 5.92 Å². The van der Waals surface area contributed by atoms with Gasteiger partial charge in [0.1, 0.15) is 0 Å². The molecule has 0 saturated carbocycles. The van der Waals surface area contributed by atoms with Gasteiger partial charge in [0, 0.05) is 32.0 Å². The van der Waals surface area contributed by atoms with Crippen LogP contribution in [0.2, 0.25) is 0 Å². The topological polar surface area (TPSA) is 78.3 Å². The molecule has 2 aromatic heterocycles. The first-order valence-corrected chi connectivity index (χ1v) is 7.48. The third-order valence-electron chi connectivity index (χ3n) is 4.04. The number of aromatic amines is 1. The Balaban J connectivity index is 1.44. The van der Waals surface area contributed by atoms with Gasteiger partial charge in [0.05, 0.1) is 11.8 Å². The average molecular weight is 301 g/mol. The van der Waals surface area contributed by atoms with Gasteiger partial charge in [-0.05, 0) is 37.0 Å². The summed E-state index contributed by atoms with van der Waals surface area (Å²) >= 11 is 0. The smallest absolute Gasteiger partial charge is 0.286 e. The molecular weight excluding hydrogens is 282 g/mol. The number of aromatic nitrogens is 1. The number of nitrogens with zero attached hydrogens (tertiary/aromatic N) is 1. The quantitative estimate of drug-likeness (QED) is 0.905. The number of rotatable bonds is 4. The first kappa shape index (κ1) is 14.4. The van der Waals surface area contributed by atoms with Gasteiger partial charge >= 0.3 is 0 Å². The summed E-state index contributed by atoms with van der Waals surface area (Å²) in [5.41, 5.74) is 0.699. The van der Waals surface area contributed by atoms with Crippen molar-refractivity contribution in [1.29, 1.82) is 0 Å². The van der Waals surface area contributed by atoms with Crippen molar-refractivity contribution in [3.8, 4) is 0 Å². The molecule has 3 rings (SSSR count). The third kappa shape index (κ3) is 3.21. The molecule has 0 atom stereocenters. The van der Waals surface area contributed by atoms with E-state index in [-0.39, 0.29) is 11.8 Å². The van der Waals surface area contributed by atoms with Crippen LogP contribution in [0.5, 0.6) is 0 Å². The third-order valence-corrected chi connectivity index (χ3v) is 4.04. The maximum atomic E-state index is 12.2. The van der Waals surface area contributed by atoms with Crippen molar-refractivity contribution >= 4 is 11.8 Å². The van der Waals surface area contributed by atoms with E-state index < -0.39 is 0 Å². The second-order valence-electron chi connectivity index (χ2n) is 5.52. The lowest BCUT2D eigenvalue weighted by molar-refractivity contribution is 0.0683. The van der Waals surface area contributed by atoms with Crippen LogP contribution in [0.1, 0.15) is 33.8 Å². The van der Waals surface area contributed by atoms with Crippen LogP contribution in [0, 0.1) is 5.92 Å². The van der Waals surface area contributed by atoms with E-state index in [0.29, 0.717) is 23.8 Å². The zero-order chi connectivity index (χ0) is 15.4. The van der Waals surface area contributed by atoms with E-state index >= 15 is 0 Å². The summed E-state index contributed by atoms with van der Waals surface area (Å²) < 4.78 is 5.06. The lowest BCUT2D eigenvalue weighted by atomic mass is 9.96. The van der Waals surface area contributed by atoms with E-state index in [1.54, 1.807) is 30.6 Å². The summed E-state index contributed by atoms with van der Waals surface area (Å²) in [5, 5.41) is 2.89. The molecule has 1 aliphatic heterocycles. The van der Waals surface area contributed by atoms with Crippen LogP contribution in [0.3, 0.4) is 0 Å². The standard InChI is InChI=1S/C16H19N3O3/c20-15(14-2-1-9-22-14)18-10-12-4-7-19(8-5-12)16(21)13-3-6-17-11-13/h1-3,6,9,11-12,17H,4-5,7-8,10H2,(H,18,20). The molecule has 0 aliphatic carbocycles. The van der Waals surface area contributed by atoms with Gasteiger partial charge in [-0.1, -0.05) is 0 Å². The minimum atomic E-state index is -0.184. The molecule has 1 aliphatic rings.